The summed E-state index contributed by atoms with van der Waals surface area (Å²) in [5.74, 6) is -0.212. The predicted molar refractivity (Wildman–Crippen MR) is 126 cm³/mol. The molecular weight excluding hydrogens is 462 g/mol. The number of hydrogen-bond donors (Lipinski definition) is 0. The second-order valence-corrected chi connectivity index (χ2v) is 11.1. The van der Waals surface area contributed by atoms with E-state index in [4.69, 9.17) is 4.74 Å². The Morgan fingerprint density at radius 3 is 2.27 bits per heavy atom. The normalized spacial score (nSPS) is 12.2. The maximum Gasteiger partial charge on any atom is 0.243 e. The first-order valence-electron chi connectivity index (χ1n) is 10.3. The molecular formula is C23H27N3O5S2. The lowest BCUT2D eigenvalue weighted by molar-refractivity contribution is 0.183. The molecule has 0 aliphatic carbocycles. The highest BCUT2D eigenvalue weighted by atomic mass is 32.2. The van der Waals surface area contributed by atoms with Crippen molar-refractivity contribution in [2.75, 3.05) is 20.3 Å². The molecule has 0 atom stereocenters. The quantitative estimate of drug-likeness (QED) is 0.363. The van der Waals surface area contributed by atoms with Crippen molar-refractivity contribution in [1.82, 2.24) is 13.9 Å². The highest BCUT2D eigenvalue weighted by molar-refractivity contribution is 7.90. The molecule has 0 N–H and O–H groups in total. The summed E-state index contributed by atoms with van der Waals surface area (Å²) in [6.45, 7) is 4.10. The topological polar surface area (TPSA) is 98.6 Å². The minimum atomic E-state index is -3.83. The van der Waals surface area contributed by atoms with Crippen molar-refractivity contribution in [2.24, 2.45) is 0 Å². The molecule has 176 valence electrons. The first kappa shape index (κ1) is 24.8. The Balaban J connectivity index is 1.98. The number of nitrogens with zero attached hydrogens (tertiary/aromatic N) is 3. The summed E-state index contributed by atoms with van der Waals surface area (Å²) in [5, 5.41) is -0.117. The second-order valence-electron chi connectivity index (χ2n) is 7.32. The van der Waals surface area contributed by atoms with Gasteiger partial charge in [0.2, 0.25) is 25.0 Å². The molecule has 0 unspecified atom stereocenters. The van der Waals surface area contributed by atoms with Crippen molar-refractivity contribution in [3.05, 3.63) is 90.8 Å². The Hall–Kier alpha value is -2.79. The minimum absolute atomic E-state index is 0.0543. The summed E-state index contributed by atoms with van der Waals surface area (Å²) >= 11 is 0. The molecule has 3 aromatic rings. The molecule has 0 spiro atoms. The monoisotopic (exact) mass is 489 g/mol. The van der Waals surface area contributed by atoms with E-state index in [0.29, 0.717) is 11.3 Å². The van der Waals surface area contributed by atoms with Gasteiger partial charge in [-0.2, -0.15) is 4.31 Å². The molecule has 0 fully saturated rings. The maximum absolute atomic E-state index is 13.2. The first-order chi connectivity index (χ1) is 15.8. The fourth-order valence-corrected chi connectivity index (χ4v) is 6.28. The lowest BCUT2D eigenvalue weighted by Gasteiger charge is -2.22. The summed E-state index contributed by atoms with van der Waals surface area (Å²) in [5.41, 5.74) is 1.08. The van der Waals surface area contributed by atoms with Crippen molar-refractivity contribution in [3.8, 4) is 0 Å². The average molecular weight is 490 g/mol. The molecule has 8 nitrogen and oxygen atoms in total. The number of rotatable bonds is 12. The second kappa shape index (κ2) is 10.9. The number of ether oxygens (including phenoxy) is 1. The van der Waals surface area contributed by atoms with E-state index in [0.717, 1.165) is 0 Å². The van der Waals surface area contributed by atoms with Gasteiger partial charge in [0.25, 0.3) is 0 Å². The van der Waals surface area contributed by atoms with Crippen LogP contribution in [0.2, 0.25) is 0 Å². The van der Waals surface area contributed by atoms with Crippen LogP contribution in [-0.2, 0) is 43.4 Å². The van der Waals surface area contributed by atoms with Crippen LogP contribution in [0.25, 0.3) is 0 Å². The van der Waals surface area contributed by atoms with Crippen molar-refractivity contribution in [3.63, 3.8) is 0 Å². The van der Waals surface area contributed by atoms with E-state index in [1.165, 1.54) is 40.4 Å². The molecule has 0 aliphatic rings. The van der Waals surface area contributed by atoms with Crippen LogP contribution in [0.5, 0.6) is 0 Å². The highest BCUT2D eigenvalue weighted by Gasteiger charge is 2.28. The molecule has 0 saturated carbocycles. The number of methoxy groups -OCH3 is 1. The molecule has 3 rings (SSSR count). The van der Waals surface area contributed by atoms with Gasteiger partial charge < -0.3 is 9.30 Å². The van der Waals surface area contributed by atoms with Gasteiger partial charge in [-0.25, -0.2) is 21.8 Å². The van der Waals surface area contributed by atoms with Crippen LogP contribution in [0.15, 0.2) is 89.6 Å². The van der Waals surface area contributed by atoms with Gasteiger partial charge in [0.15, 0.2) is 0 Å². The Labute approximate surface area is 195 Å². The fourth-order valence-electron chi connectivity index (χ4n) is 3.36. The number of imidazole rings is 1. The zero-order chi connectivity index (χ0) is 23.9. The number of benzene rings is 2. The highest BCUT2D eigenvalue weighted by Crippen LogP contribution is 2.22. The predicted octanol–water partition coefficient (Wildman–Crippen LogP) is 2.88. The zero-order valence-electron chi connectivity index (χ0n) is 18.4. The molecule has 1 heterocycles. The van der Waals surface area contributed by atoms with Crippen LogP contribution in [0, 0.1) is 0 Å². The van der Waals surface area contributed by atoms with E-state index >= 15 is 0 Å². The van der Waals surface area contributed by atoms with Crippen molar-refractivity contribution in [2.45, 2.75) is 28.9 Å². The standard InChI is InChI=1S/C23H27N3O5S2/c1-3-14-25(33(29,30)22-12-8-5-9-13-22)18-21-17-24-23(26(21)15-16-31-2)32(27,28)19-20-10-6-4-7-11-20/h3-13,17H,1,14-16,18-19H2,2H3. The van der Waals surface area contributed by atoms with Gasteiger partial charge in [0.05, 0.1) is 35.7 Å². The molecule has 0 amide bonds. The molecule has 0 radical (unpaired) electrons. The van der Waals surface area contributed by atoms with Crippen LogP contribution in [0.3, 0.4) is 0 Å². The van der Waals surface area contributed by atoms with Gasteiger partial charge in [-0.05, 0) is 17.7 Å². The lowest BCUT2D eigenvalue weighted by Crippen LogP contribution is -2.32. The van der Waals surface area contributed by atoms with E-state index in [2.05, 4.69) is 11.6 Å². The molecule has 1 aromatic heterocycles. The van der Waals surface area contributed by atoms with Gasteiger partial charge >= 0.3 is 0 Å². The summed E-state index contributed by atoms with van der Waals surface area (Å²) in [4.78, 5) is 4.32. The van der Waals surface area contributed by atoms with Gasteiger partial charge in [0, 0.05) is 20.2 Å². The summed E-state index contributed by atoms with van der Waals surface area (Å²) < 4.78 is 60.6. The smallest absolute Gasteiger partial charge is 0.243 e. The van der Waals surface area contributed by atoms with Gasteiger partial charge in [-0.1, -0.05) is 54.6 Å². The average Bonchev–Trinajstić information content (AvgIpc) is 3.21. The minimum Gasteiger partial charge on any atom is -0.383 e. The largest absolute Gasteiger partial charge is 0.383 e. The van der Waals surface area contributed by atoms with E-state index in [9.17, 15) is 16.8 Å². The molecule has 10 heteroatoms. The van der Waals surface area contributed by atoms with Crippen LogP contribution in [-0.4, -0.2) is 51.0 Å². The number of aromatic nitrogens is 2. The van der Waals surface area contributed by atoms with Gasteiger partial charge in [0.1, 0.15) is 0 Å². The van der Waals surface area contributed by atoms with Gasteiger partial charge in [-0.3, -0.25) is 0 Å². The molecule has 2 aromatic carbocycles. The molecule has 0 bridgehead atoms. The van der Waals surface area contributed by atoms with Gasteiger partial charge in [-0.15, -0.1) is 6.58 Å². The lowest BCUT2D eigenvalue weighted by atomic mass is 10.2. The number of sulfone groups is 1. The number of hydrogen-bond acceptors (Lipinski definition) is 6. The molecule has 0 saturated heterocycles. The number of sulfonamides is 1. The van der Waals surface area contributed by atoms with E-state index in [-0.39, 0.29) is 42.0 Å². The third kappa shape index (κ3) is 5.97. The third-order valence-corrected chi connectivity index (χ3v) is 8.37. The van der Waals surface area contributed by atoms with Crippen LogP contribution >= 0.6 is 0 Å². The third-order valence-electron chi connectivity index (χ3n) is 4.95. The fraction of sp³-hybridized carbons (Fsp3) is 0.261. The Kier molecular flexibility index (Phi) is 8.20. The SMILES string of the molecule is C=CCN(Cc1cnc(S(=O)(=O)Cc2ccccc2)n1CCOC)S(=O)(=O)c1ccccc1. The first-order valence-corrected chi connectivity index (χ1v) is 13.3. The molecule has 33 heavy (non-hydrogen) atoms. The summed E-state index contributed by atoms with van der Waals surface area (Å²) in [6.07, 6.45) is 2.90. The van der Waals surface area contributed by atoms with Crippen molar-refractivity contribution >= 4 is 19.9 Å². The molecule has 0 aliphatic heterocycles. The van der Waals surface area contributed by atoms with E-state index < -0.39 is 19.9 Å². The Morgan fingerprint density at radius 2 is 1.67 bits per heavy atom. The maximum atomic E-state index is 13.2. The Bertz CT molecular complexity index is 1270. The van der Waals surface area contributed by atoms with E-state index in [1.54, 1.807) is 42.5 Å². The van der Waals surface area contributed by atoms with Crippen LogP contribution < -0.4 is 0 Å². The van der Waals surface area contributed by atoms with E-state index in [1.807, 2.05) is 6.07 Å². The summed E-state index contributed by atoms with van der Waals surface area (Å²) in [7, 11) is -6.10. The Morgan fingerprint density at radius 1 is 1.03 bits per heavy atom. The van der Waals surface area contributed by atoms with Crippen molar-refractivity contribution in [1.29, 1.82) is 0 Å². The van der Waals surface area contributed by atoms with Crippen molar-refractivity contribution < 1.29 is 21.6 Å². The van der Waals surface area contributed by atoms with Crippen LogP contribution in [0.1, 0.15) is 11.3 Å². The zero-order valence-corrected chi connectivity index (χ0v) is 20.0. The van der Waals surface area contributed by atoms with Crippen LogP contribution in [0.4, 0.5) is 0 Å². The summed E-state index contributed by atoms with van der Waals surface area (Å²) in [6, 6.07) is 16.9.